The quantitative estimate of drug-likeness (QED) is 0.279. The topological polar surface area (TPSA) is 47.6 Å². The summed E-state index contributed by atoms with van der Waals surface area (Å²) in [5.41, 5.74) is 11.5. The summed E-state index contributed by atoms with van der Waals surface area (Å²) in [6.45, 7) is 0. The van der Waals surface area contributed by atoms with Crippen molar-refractivity contribution in [2.45, 2.75) is 0 Å². The molecule has 2 N–H and O–H groups in total. The number of rotatable bonds is 0. The van der Waals surface area contributed by atoms with Gasteiger partial charge in [0.1, 0.15) is 0 Å². The van der Waals surface area contributed by atoms with Gasteiger partial charge >= 0.3 is 59.1 Å². The Bertz CT molecular complexity index is 9.51. The van der Waals surface area contributed by atoms with Crippen LogP contribution in [0.15, 0.2) is 0 Å². The summed E-state index contributed by atoms with van der Waals surface area (Å²) in [4.78, 5) is 0. The van der Waals surface area contributed by atoms with E-state index in [0.717, 1.165) is 0 Å². The third kappa shape index (κ3) is 38.9. The van der Waals surface area contributed by atoms with Gasteiger partial charge in [0.15, 0.2) is 0 Å². The fourth-order valence-corrected chi connectivity index (χ4v) is 0. The Morgan fingerprint density at radius 2 is 0.667 bits per heavy atom. The van der Waals surface area contributed by atoms with E-state index < -0.39 is 0 Å². The second-order valence-corrected chi connectivity index (χ2v) is 0. The molecule has 0 amide bonds. The average molecular weight is 106 g/mol. The molecule has 0 aliphatic rings. The molecule has 28 valence electrons. The van der Waals surface area contributed by atoms with Gasteiger partial charge in [-0.1, -0.05) is 0 Å². The maximum Gasteiger partial charge on any atom is 1.00 e. The van der Waals surface area contributed by atoms with Crippen molar-refractivity contribution in [1.29, 1.82) is 0 Å². The zero-order valence-electron chi connectivity index (χ0n) is 5.00. The maximum absolute atomic E-state index is 5.75. The largest absolute Gasteiger partial charge is 1.00 e. The van der Waals surface area contributed by atoms with Crippen molar-refractivity contribution in [3.05, 3.63) is 11.5 Å². The number of hydrogen-bond acceptors (Lipinski definition) is 0. The van der Waals surface area contributed by atoms with Gasteiger partial charge in [0.2, 0.25) is 0 Å². The van der Waals surface area contributed by atoms with E-state index in [4.69, 9.17) is 11.5 Å². The van der Waals surface area contributed by atoms with Crippen LogP contribution in [0.25, 0.3) is 11.5 Å². The van der Waals surface area contributed by atoms with E-state index >= 15 is 0 Å². The van der Waals surface area contributed by atoms with Crippen LogP contribution in [-0.4, -0.2) is 14.1 Å². The Hall–Kier alpha value is 1.92. The van der Waals surface area contributed by atoms with Crippen LogP contribution in [0, 0.1) is 0 Å². The summed E-state index contributed by atoms with van der Waals surface area (Å²) < 4.78 is 0. The first-order chi connectivity index (χ1) is 2.00. The van der Waals surface area contributed by atoms with E-state index in [1.807, 2.05) is 0 Å². The molecule has 0 aliphatic carbocycles. The van der Waals surface area contributed by atoms with Crippen molar-refractivity contribution in [3.63, 3.8) is 0 Å². The van der Waals surface area contributed by atoms with Crippen molar-refractivity contribution in [1.82, 2.24) is 0 Å². The molecule has 0 rings (SSSR count). The third-order valence-electron chi connectivity index (χ3n) is 0. The van der Waals surface area contributed by atoms with Crippen LogP contribution in [0.3, 0.4) is 0 Å². The molecule has 2 nitrogen and oxygen atoms in total. The molecule has 0 aromatic rings. The van der Waals surface area contributed by atoms with Crippen molar-refractivity contribution in [3.8, 4) is 0 Å². The fraction of sp³-hybridized carbons (Fsp3) is 1.00. The molecule has 0 aliphatic heterocycles. The normalized spacial score (nSPS) is 2.00. The second-order valence-electron chi connectivity index (χ2n) is 0. The van der Waals surface area contributed by atoms with Crippen molar-refractivity contribution >= 4 is 0 Å². The Labute approximate surface area is 83.6 Å². The van der Waals surface area contributed by atoms with Gasteiger partial charge in [0, 0.05) is 0 Å². The van der Waals surface area contributed by atoms with Gasteiger partial charge in [0.25, 0.3) is 0 Å². The molecule has 0 bridgehead atoms. The van der Waals surface area contributed by atoms with Gasteiger partial charge in [-0.3, -0.25) is 0 Å². The molecule has 0 fully saturated rings. The summed E-state index contributed by atoms with van der Waals surface area (Å²) >= 11 is 0. The first kappa shape index (κ1) is 24.7. The predicted octanol–water partition coefficient (Wildman–Crippen LogP) is -4.66. The van der Waals surface area contributed by atoms with E-state index in [2.05, 4.69) is 0 Å². The van der Waals surface area contributed by atoms with Gasteiger partial charge < -0.3 is 11.5 Å². The van der Waals surface area contributed by atoms with Crippen LogP contribution in [-0.2, 0) is 0 Å². The molecule has 0 saturated heterocycles. The summed E-state index contributed by atoms with van der Waals surface area (Å²) in [6.07, 6.45) is 0. The summed E-state index contributed by atoms with van der Waals surface area (Å²) in [7, 11) is 2.50. The zero-order chi connectivity index (χ0) is 4.00. The van der Waals surface area contributed by atoms with Gasteiger partial charge in [-0.15, -0.1) is 0 Å². The van der Waals surface area contributed by atoms with Crippen LogP contribution in [0.4, 0.5) is 0 Å². The van der Waals surface area contributed by atoms with Crippen molar-refractivity contribution in [2.75, 3.05) is 14.1 Å². The number of hydrogen-bond donors (Lipinski definition) is 0. The van der Waals surface area contributed by atoms with Gasteiger partial charge in [-0.05, 0) is 0 Å². The summed E-state index contributed by atoms with van der Waals surface area (Å²) in [5, 5.41) is 0. The monoisotopic (exact) mass is 106 g/mol. The smallest absolute Gasteiger partial charge is 0.680 e. The summed E-state index contributed by atoms with van der Waals surface area (Å²) in [5.74, 6) is 0. The molecule has 0 saturated carbocycles. The Balaban J connectivity index is -0.00000000500. The summed E-state index contributed by atoms with van der Waals surface area (Å²) in [6, 6.07) is 0. The van der Waals surface area contributed by atoms with Crippen molar-refractivity contribution < 1.29 is 59.1 Å². The van der Waals surface area contributed by atoms with Gasteiger partial charge in [-0.2, -0.15) is 14.1 Å². The molecule has 0 heterocycles. The Morgan fingerprint density at radius 1 is 0.667 bits per heavy atom. The van der Waals surface area contributed by atoms with Crippen LogP contribution in [0.1, 0.15) is 0 Å². The standard InChI is InChI=1S/2CH4N.2Na/c2*1-2;;/h2*2H,1H3;;/q2*-1;2*+1. The average Bonchev–Trinajstić information content (AvgIpc) is 1.50. The zero-order valence-corrected chi connectivity index (χ0v) is 9.00. The Kier molecular flexibility index (Phi) is 271. The first-order valence-corrected chi connectivity index (χ1v) is 1.00. The number of nitrogens with one attached hydrogen (secondary N) is 2. The van der Waals surface area contributed by atoms with Crippen LogP contribution >= 0.6 is 0 Å². The molecular formula is C2H8N2Na2. The van der Waals surface area contributed by atoms with E-state index in [-0.39, 0.29) is 59.1 Å². The predicted molar refractivity (Wildman–Crippen MR) is 20.5 cm³/mol. The van der Waals surface area contributed by atoms with Gasteiger partial charge in [0.05, 0.1) is 0 Å². The molecule has 4 heteroatoms. The molecule has 0 spiro atoms. The van der Waals surface area contributed by atoms with Gasteiger partial charge in [-0.25, -0.2) is 0 Å². The van der Waals surface area contributed by atoms with E-state index in [1.165, 1.54) is 14.1 Å². The van der Waals surface area contributed by atoms with Crippen LogP contribution in [0.5, 0.6) is 0 Å². The molecule has 0 unspecified atom stereocenters. The minimum atomic E-state index is 0. The van der Waals surface area contributed by atoms with E-state index in [9.17, 15) is 0 Å². The van der Waals surface area contributed by atoms with Crippen LogP contribution < -0.4 is 59.1 Å². The Morgan fingerprint density at radius 3 is 0.667 bits per heavy atom. The third-order valence-corrected chi connectivity index (χ3v) is 0. The van der Waals surface area contributed by atoms with E-state index in [1.54, 1.807) is 0 Å². The molecule has 0 aromatic heterocycles. The minimum absolute atomic E-state index is 0. The molecule has 0 atom stereocenters. The van der Waals surface area contributed by atoms with Crippen molar-refractivity contribution in [2.24, 2.45) is 0 Å². The molecule has 0 aromatic carbocycles. The minimum Gasteiger partial charge on any atom is -0.680 e. The van der Waals surface area contributed by atoms with E-state index in [0.29, 0.717) is 0 Å². The second kappa shape index (κ2) is 65.8. The SMILES string of the molecule is C[NH-].C[NH-].[Na+].[Na+]. The fourth-order valence-electron chi connectivity index (χ4n) is 0. The molecule has 6 heavy (non-hydrogen) atoms. The molecular weight excluding hydrogens is 98.0 g/mol. The molecule has 0 radical (unpaired) electrons. The van der Waals surface area contributed by atoms with Crippen LogP contribution in [0.2, 0.25) is 0 Å². The first-order valence-electron chi connectivity index (χ1n) is 1.00. The maximum atomic E-state index is 5.75.